The van der Waals surface area contributed by atoms with Gasteiger partial charge in [0.1, 0.15) is 5.52 Å². The van der Waals surface area contributed by atoms with Gasteiger partial charge < -0.3 is 9.72 Å². The van der Waals surface area contributed by atoms with E-state index in [-0.39, 0.29) is 11.6 Å². The third-order valence-corrected chi connectivity index (χ3v) is 2.75. The van der Waals surface area contributed by atoms with Gasteiger partial charge in [-0.25, -0.2) is 4.98 Å². The van der Waals surface area contributed by atoms with E-state index >= 15 is 0 Å². The highest BCUT2D eigenvalue weighted by Crippen LogP contribution is 2.17. The second-order valence-corrected chi connectivity index (χ2v) is 3.98. The van der Waals surface area contributed by atoms with Gasteiger partial charge in [0.25, 0.3) is 5.56 Å². The lowest BCUT2D eigenvalue weighted by molar-refractivity contribution is 0.156. The first-order chi connectivity index (χ1) is 8.19. The molecule has 0 saturated heterocycles. The van der Waals surface area contributed by atoms with Crippen molar-refractivity contribution in [3.63, 3.8) is 0 Å². The number of methoxy groups -OCH3 is 1. The molecule has 6 nitrogen and oxygen atoms in total. The molecule has 0 aliphatic carbocycles. The number of fused-ring (bicyclic) bond motifs is 1. The maximum absolute atomic E-state index is 11.6. The fourth-order valence-electron chi connectivity index (χ4n) is 1.98. The summed E-state index contributed by atoms with van der Waals surface area (Å²) < 4.78 is 6.95. The van der Waals surface area contributed by atoms with Crippen molar-refractivity contribution in [1.82, 2.24) is 19.7 Å². The van der Waals surface area contributed by atoms with Gasteiger partial charge in [-0.3, -0.25) is 9.48 Å². The van der Waals surface area contributed by atoms with E-state index in [1.54, 1.807) is 7.11 Å². The molecular weight excluding hydrogens is 220 g/mol. The number of aryl methyl sites for hydroxylation is 1. The highest BCUT2D eigenvalue weighted by Gasteiger charge is 2.17. The van der Waals surface area contributed by atoms with Crippen LogP contribution < -0.4 is 5.56 Å². The molecule has 2 rings (SSSR count). The third kappa shape index (κ3) is 1.95. The Balaban J connectivity index is 2.63. The van der Waals surface area contributed by atoms with Gasteiger partial charge in [-0.1, -0.05) is 6.92 Å². The van der Waals surface area contributed by atoms with Crippen LogP contribution in [0.3, 0.4) is 0 Å². The Morgan fingerprint density at radius 2 is 2.29 bits per heavy atom. The Morgan fingerprint density at radius 1 is 1.53 bits per heavy atom. The Hall–Kier alpha value is -1.69. The molecule has 0 radical (unpaired) electrons. The zero-order valence-corrected chi connectivity index (χ0v) is 10.2. The summed E-state index contributed by atoms with van der Waals surface area (Å²) in [4.78, 5) is 18.4. The summed E-state index contributed by atoms with van der Waals surface area (Å²) in [6.07, 6.45) is 2.19. The van der Waals surface area contributed by atoms with Crippen molar-refractivity contribution in [2.75, 3.05) is 13.7 Å². The molecule has 0 aromatic carbocycles. The van der Waals surface area contributed by atoms with Gasteiger partial charge in [-0.2, -0.15) is 5.10 Å². The van der Waals surface area contributed by atoms with Crippen molar-refractivity contribution in [2.45, 2.75) is 26.3 Å². The largest absolute Gasteiger partial charge is 0.382 e. The van der Waals surface area contributed by atoms with E-state index in [1.807, 2.05) is 18.5 Å². The van der Waals surface area contributed by atoms with Crippen molar-refractivity contribution in [3.8, 4) is 0 Å². The summed E-state index contributed by atoms with van der Waals surface area (Å²) in [5.74, 6) is 0. The van der Waals surface area contributed by atoms with Gasteiger partial charge in [0.15, 0.2) is 5.52 Å². The van der Waals surface area contributed by atoms with Crippen molar-refractivity contribution in [2.24, 2.45) is 0 Å². The highest BCUT2D eigenvalue weighted by atomic mass is 16.5. The number of aromatic nitrogens is 4. The van der Waals surface area contributed by atoms with Gasteiger partial charge in [0.05, 0.1) is 24.7 Å². The van der Waals surface area contributed by atoms with Crippen molar-refractivity contribution in [1.29, 1.82) is 0 Å². The van der Waals surface area contributed by atoms with Crippen LogP contribution in [0, 0.1) is 0 Å². The molecule has 2 heterocycles. The smallest absolute Gasteiger partial charge is 0.279 e. The van der Waals surface area contributed by atoms with Crippen molar-refractivity contribution >= 4 is 11.0 Å². The zero-order chi connectivity index (χ0) is 12.4. The van der Waals surface area contributed by atoms with Crippen LogP contribution >= 0.6 is 0 Å². The van der Waals surface area contributed by atoms with Crippen molar-refractivity contribution in [3.05, 3.63) is 22.4 Å². The lowest BCUT2D eigenvalue weighted by Gasteiger charge is -2.13. The summed E-state index contributed by atoms with van der Waals surface area (Å²) in [5.41, 5.74) is 1.84. The summed E-state index contributed by atoms with van der Waals surface area (Å²) in [6.45, 7) is 4.58. The van der Waals surface area contributed by atoms with Crippen LogP contribution in [0.2, 0.25) is 0 Å². The van der Waals surface area contributed by atoms with Gasteiger partial charge in [-0.05, 0) is 13.3 Å². The van der Waals surface area contributed by atoms with E-state index in [4.69, 9.17) is 4.74 Å². The topological polar surface area (TPSA) is 72.8 Å². The van der Waals surface area contributed by atoms with Crippen LogP contribution in [0.5, 0.6) is 0 Å². The summed E-state index contributed by atoms with van der Waals surface area (Å²) >= 11 is 0. The molecule has 0 unspecified atom stereocenters. The molecular formula is C11H16N4O2. The Morgan fingerprint density at radius 3 is 2.94 bits per heavy atom. The molecule has 6 heteroatoms. The first-order valence-electron chi connectivity index (χ1n) is 5.62. The van der Waals surface area contributed by atoms with Crippen LogP contribution in [0.15, 0.2) is 11.1 Å². The minimum atomic E-state index is -0.201. The van der Waals surface area contributed by atoms with E-state index < -0.39 is 0 Å². The van der Waals surface area contributed by atoms with Crippen LogP contribution in [0.4, 0.5) is 0 Å². The highest BCUT2D eigenvalue weighted by molar-refractivity contribution is 5.75. The molecule has 0 bridgehead atoms. The predicted molar refractivity (Wildman–Crippen MR) is 64.1 cm³/mol. The Labute approximate surface area is 98.6 Å². The number of nitrogens with zero attached hydrogens (tertiary/aromatic N) is 3. The second kappa shape index (κ2) is 4.67. The van der Waals surface area contributed by atoms with Crippen LogP contribution in [0.1, 0.15) is 25.6 Å². The molecule has 1 N–H and O–H groups in total. The first kappa shape index (κ1) is 11.8. The average molecular weight is 236 g/mol. The van der Waals surface area contributed by atoms with Gasteiger partial charge in [-0.15, -0.1) is 0 Å². The molecule has 0 spiro atoms. The van der Waals surface area contributed by atoms with E-state index in [0.29, 0.717) is 17.6 Å². The van der Waals surface area contributed by atoms with E-state index in [1.165, 1.54) is 6.33 Å². The second-order valence-electron chi connectivity index (χ2n) is 3.98. The molecule has 1 atom stereocenters. The summed E-state index contributed by atoms with van der Waals surface area (Å²) in [5, 5.41) is 4.33. The molecule has 0 aliphatic heterocycles. The van der Waals surface area contributed by atoms with Crippen LogP contribution in [0.25, 0.3) is 11.0 Å². The van der Waals surface area contributed by atoms with E-state index in [9.17, 15) is 4.79 Å². The Bertz CT molecular complexity index is 572. The minimum Gasteiger partial charge on any atom is -0.382 e. The number of nitrogens with one attached hydrogen (secondary N) is 1. The molecule has 2 aromatic rings. The molecule has 2 aromatic heterocycles. The van der Waals surface area contributed by atoms with Gasteiger partial charge >= 0.3 is 0 Å². The predicted octanol–water partition coefficient (Wildman–Crippen LogP) is 0.889. The normalized spacial score (nSPS) is 13.1. The molecule has 0 amide bonds. The minimum absolute atomic E-state index is 0.0866. The fourth-order valence-corrected chi connectivity index (χ4v) is 1.98. The number of H-pyrrole nitrogens is 1. The maximum atomic E-state index is 11.6. The van der Waals surface area contributed by atoms with Gasteiger partial charge in [0.2, 0.25) is 0 Å². The quantitative estimate of drug-likeness (QED) is 0.855. The van der Waals surface area contributed by atoms with Crippen LogP contribution in [-0.2, 0) is 11.2 Å². The van der Waals surface area contributed by atoms with Crippen molar-refractivity contribution < 1.29 is 4.74 Å². The molecule has 17 heavy (non-hydrogen) atoms. The Kier molecular flexibility index (Phi) is 3.23. The lowest BCUT2D eigenvalue weighted by atomic mass is 10.2. The lowest BCUT2D eigenvalue weighted by Crippen LogP contribution is -2.15. The maximum Gasteiger partial charge on any atom is 0.279 e. The molecule has 0 aliphatic rings. The van der Waals surface area contributed by atoms with E-state index in [2.05, 4.69) is 15.1 Å². The molecule has 92 valence electrons. The number of ether oxygens (including phenoxy) is 1. The fraction of sp³-hybridized carbons (Fsp3) is 0.545. The number of hydrogen-bond acceptors (Lipinski definition) is 4. The number of aromatic amines is 1. The molecule has 0 saturated carbocycles. The number of rotatable bonds is 4. The first-order valence-corrected chi connectivity index (χ1v) is 5.62. The summed E-state index contributed by atoms with van der Waals surface area (Å²) in [6, 6.07) is 0.0866. The van der Waals surface area contributed by atoms with Gasteiger partial charge in [0, 0.05) is 7.11 Å². The third-order valence-electron chi connectivity index (χ3n) is 2.75. The number of hydrogen-bond donors (Lipinski definition) is 1. The monoisotopic (exact) mass is 236 g/mol. The average Bonchev–Trinajstić information content (AvgIpc) is 2.69. The summed E-state index contributed by atoms with van der Waals surface area (Å²) in [7, 11) is 1.65. The molecule has 0 fully saturated rings. The standard InChI is InChI=1S/C11H16N4O2/c1-4-8-9-10(11(16)13-6-12-9)14-15(8)7(2)5-17-3/h6-7H,4-5H2,1-3H3,(H,12,13,16)/t7-/m1/s1. The van der Waals surface area contributed by atoms with Crippen LogP contribution in [-0.4, -0.2) is 33.5 Å². The van der Waals surface area contributed by atoms with E-state index in [0.717, 1.165) is 12.1 Å². The zero-order valence-electron chi connectivity index (χ0n) is 10.2. The SMILES string of the molecule is CCc1c2nc[nH]c(=O)c2nn1[C@H](C)COC.